The summed E-state index contributed by atoms with van der Waals surface area (Å²) in [5, 5.41) is 2.99. The summed E-state index contributed by atoms with van der Waals surface area (Å²) in [5.41, 5.74) is 0.778. The van der Waals surface area contributed by atoms with E-state index in [-0.39, 0.29) is 12.0 Å². The molecule has 0 atom stereocenters. The number of para-hydroxylation sites is 2. The summed E-state index contributed by atoms with van der Waals surface area (Å²) in [6.07, 6.45) is 8.34. The topological polar surface area (TPSA) is 38.3 Å². The fraction of sp³-hybridized carbons (Fsp3) is 0.611. The van der Waals surface area contributed by atoms with Crippen LogP contribution in [0.5, 0.6) is 5.75 Å². The van der Waals surface area contributed by atoms with Gasteiger partial charge in [0.15, 0.2) is 0 Å². The molecule has 1 N–H and O–H groups in total. The zero-order valence-electron chi connectivity index (χ0n) is 13.2. The molecule has 1 amide bonds. The first-order valence-electron chi connectivity index (χ1n) is 8.20. The Bertz CT molecular complexity index is 450. The van der Waals surface area contributed by atoms with Crippen molar-refractivity contribution in [1.29, 1.82) is 0 Å². The standard InChI is InChI=1S/C18H27NO2/c1-14(2)21-17-11-7-6-10-16(17)19-18(20)13-12-15-8-4-3-5-9-15/h6-7,10-11,14-15H,3-5,8-9,12-13H2,1-2H3,(H,19,20). The summed E-state index contributed by atoms with van der Waals surface area (Å²) in [7, 11) is 0. The number of hydrogen-bond donors (Lipinski definition) is 1. The molecule has 21 heavy (non-hydrogen) atoms. The maximum atomic E-state index is 12.1. The van der Waals surface area contributed by atoms with Gasteiger partial charge in [-0.2, -0.15) is 0 Å². The monoisotopic (exact) mass is 289 g/mol. The molecule has 0 radical (unpaired) electrons. The molecule has 1 aliphatic carbocycles. The van der Waals surface area contributed by atoms with Crippen LogP contribution in [-0.4, -0.2) is 12.0 Å². The highest BCUT2D eigenvalue weighted by Crippen LogP contribution is 2.28. The highest BCUT2D eigenvalue weighted by atomic mass is 16.5. The number of rotatable bonds is 6. The van der Waals surface area contributed by atoms with Crippen LogP contribution in [0.1, 0.15) is 58.8 Å². The average Bonchev–Trinajstić information content (AvgIpc) is 2.48. The summed E-state index contributed by atoms with van der Waals surface area (Å²) in [6.45, 7) is 3.98. The molecule has 3 heteroatoms. The van der Waals surface area contributed by atoms with Crippen LogP contribution in [0.4, 0.5) is 5.69 Å². The Kier molecular flexibility index (Phi) is 6.09. The van der Waals surface area contributed by atoms with E-state index in [1.807, 2.05) is 38.1 Å². The molecule has 0 saturated heterocycles. The summed E-state index contributed by atoms with van der Waals surface area (Å²) in [5.74, 6) is 1.59. The number of amides is 1. The maximum Gasteiger partial charge on any atom is 0.224 e. The molecule has 0 unspecified atom stereocenters. The van der Waals surface area contributed by atoms with Gasteiger partial charge in [-0.3, -0.25) is 4.79 Å². The zero-order chi connectivity index (χ0) is 15.1. The molecule has 116 valence electrons. The van der Waals surface area contributed by atoms with Gasteiger partial charge in [-0.15, -0.1) is 0 Å². The lowest BCUT2D eigenvalue weighted by atomic mass is 9.86. The zero-order valence-corrected chi connectivity index (χ0v) is 13.2. The lowest BCUT2D eigenvalue weighted by Crippen LogP contribution is -2.16. The normalized spacial score (nSPS) is 16.0. The van der Waals surface area contributed by atoms with Gasteiger partial charge in [0.1, 0.15) is 5.75 Å². The van der Waals surface area contributed by atoms with Crippen LogP contribution in [0.2, 0.25) is 0 Å². The van der Waals surface area contributed by atoms with E-state index >= 15 is 0 Å². The predicted molar refractivity (Wildman–Crippen MR) is 86.6 cm³/mol. The van der Waals surface area contributed by atoms with E-state index in [2.05, 4.69) is 5.32 Å². The van der Waals surface area contributed by atoms with Gasteiger partial charge >= 0.3 is 0 Å². The summed E-state index contributed by atoms with van der Waals surface area (Å²) < 4.78 is 5.73. The Labute approximate surface area is 128 Å². The third-order valence-electron chi connectivity index (χ3n) is 4.03. The van der Waals surface area contributed by atoms with Gasteiger partial charge in [-0.1, -0.05) is 44.2 Å². The van der Waals surface area contributed by atoms with Crippen molar-refractivity contribution in [2.24, 2.45) is 5.92 Å². The summed E-state index contributed by atoms with van der Waals surface area (Å²) in [4.78, 5) is 12.1. The smallest absolute Gasteiger partial charge is 0.224 e. The molecule has 0 spiro atoms. The van der Waals surface area contributed by atoms with Crippen molar-refractivity contribution in [2.75, 3.05) is 5.32 Å². The minimum absolute atomic E-state index is 0.0976. The minimum Gasteiger partial charge on any atom is -0.489 e. The first kappa shape index (κ1) is 15.9. The fourth-order valence-electron chi connectivity index (χ4n) is 2.95. The molecule has 0 bridgehead atoms. The van der Waals surface area contributed by atoms with Gasteiger partial charge in [0.25, 0.3) is 0 Å². The molecule has 0 aliphatic heterocycles. The van der Waals surface area contributed by atoms with Crippen molar-refractivity contribution in [3.8, 4) is 5.75 Å². The Hall–Kier alpha value is -1.51. The molecule has 1 aromatic rings. The number of ether oxygens (including phenoxy) is 1. The quantitative estimate of drug-likeness (QED) is 0.819. The molecule has 2 rings (SSSR count). The average molecular weight is 289 g/mol. The van der Waals surface area contributed by atoms with Gasteiger partial charge in [0.05, 0.1) is 11.8 Å². The minimum atomic E-state index is 0.0976. The molecule has 1 aliphatic rings. The Morgan fingerprint density at radius 2 is 1.95 bits per heavy atom. The van der Waals surface area contributed by atoms with Crippen LogP contribution in [0, 0.1) is 5.92 Å². The highest BCUT2D eigenvalue weighted by molar-refractivity contribution is 5.92. The molecule has 0 heterocycles. The van der Waals surface area contributed by atoms with Crippen LogP contribution in [0.15, 0.2) is 24.3 Å². The third kappa shape index (κ3) is 5.41. The largest absolute Gasteiger partial charge is 0.489 e. The van der Waals surface area contributed by atoms with Crippen LogP contribution < -0.4 is 10.1 Å². The predicted octanol–water partition coefficient (Wildman–Crippen LogP) is 4.77. The SMILES string of the molecule is CC(C)Oc1ccccc1NC(=O)CCC1CCCCC1. The van der Waals surface area contributed by atoms with Crippen LogP contribution in [0.25, 0.3) is 0 Å². The number of anilines is 1. The van der Waals surface area contributed by atoms with Crippen molar-refractivity contribution in [3.63, 3.8) is 0 Å². The van der Waals surface area contributed by atoms with E-state index in [1.165, 1.54) is 32.1 Å². The second kappa shape index (κ2) is 8.06. The number of carbonyl (C=O) groups is 1. The Morgan fingerprint density at radius 1 is 1.24 bits per heavy atom. The van der Waals surface area contributed by atoms with Gasteiger partial charge in [-0.05, 0) is 38.3 Å². The highest BCUT2D eigenvalue weighted by Gasteiger charge is 2.15. The van der Waals surface area contributed by atoms with Gasteiger partial charge in [0.2, 0.25) is 5.91 Å². The van der Waals surface area contributed by atoms with E-state index in [9.17, 15) is 4.79 Å². The van der Waals surface area contributed by atoms with Crippen LogP contribution >= 0.6 is 0 Å². The van der Waals surface area contributed by atoms with E-state index in [0.717, 1.165) is 23.8 Å². The van der Waals surface area contributed by atoms with Gasteiger partial charge in [-0.25, -0.2) is 0 Å². The van der Waals surface area contributed by atoms with E-state index in [1.54, 1.807) is 0 Å². The van der Waals surface area contributed by atoms with E-state index < -0.39 is 0 Å². The molecule has 0 aromatic heterocycles. The lowest BCUT2D eigenvalue weighted by Gasteiger charge is -2.21. The van der Waals surface area contributed by atoms with E-state index in [4.69, 9.17) is 4.74 Å². The van der Waals surface area contributed by atoms with Crippen molar-refractivity contribution in [1.82, 2.24) is 0 Å². The number of nitrogens with one attached hydrogen (secondary N) is 1. The summed E-state index contributed by atoms with van der Waals surface area (Å²) in [6, 6.07) is 7.65. The molecular formula is C18H27NO2. The second-order valence-corrected chi connectivity index (χ2v) is 6.25. The van der Waals surface area contributed by atoms with Crippen molar-refractivity contribution >= 4 is 11.6 Å². The number of benzene rings is 1. The molecule has 1 fully saturated rings. The van der Waals surface area contributed by atoms with Crippen LogP contribution in [0.3, 0.4) is 0 Å². The molecule has 3 nitrogen and oxygen atoms in total. The summed E-state index contributed by atoms with van der Waals surface area (Å²) >= 11 is 0. The van der Waals surface area contributed by atoms with E-state index in [0.29, 0.717) is 6.42 Å². The third-order valence-corrected chi connectivity index (χ3v) is 4.03. The maximum absolute atomic E-state index is 12.1. The van der Waals surface area contributed by atoms with Crippen molar-refractivity contribution in [3.05, 3.63) is 24.3 Å². The first-order valence-corrected chi connectivity index (χ1v) is 8.20. The van der Waals surface area contributed by atoms with Crippen molar-refractivity contribution < 1.29 is 9.53 Å². The van der Waals surface area contributed by atoms with Crippen LogP contribution in [-0.2, 0) is 4.79 Å². The Balaban J connectivity index is 1.84. The number of carbonyl (C=O) groups excluding carboxylic acids is 1. The molecular weight excluding hydrogens is 262 g/mol. The van der Waals surface area contributed by atoms with Gasteiger partial charge < -0.3 is 10.1 Å². The number of hydrogen-bond acceptors (Lipinski definition) is 2. The Morgan fingerprint density at radius 3 is 2.67 bits per heavy atom. The fourth-order valence-corrected chi connectivity index (χ4v) is 2.95. The lowest BCUT2D eigenvalue weighted by molar-refractivity contribution is -0.116. The second-order valence-electron chi connectivity index (χ2n) is 6.25. The van der Waals surface area contributed by atoms with Gasteiger partial charge in [0, 0.05) is 6.42 Å². The molecule has 1 aromatic carbocycles. The first-order chi connectivity index (χ1) is 10.1. The molecule has 1 saturated carbocycles. The van der Waals surface area contributed by atoms with Crippen molar-refractivity contribution in [2.45, 2.75) is 64.9 Å².